The number of hydrogen-bond acceptors (Lipinski definition) is 2. The summed E-state index contributed by atoms with van der Waals surface area (Å²) in [5.74, 6) is 1.32. The first kappa shape index (κ1) is 15.7. The van der Waals surface area contributed by atoms with Crippen LogP contribution in [-0.2, 0) is 10.8 Å². The lowest BCUT2D eigenvalue weighted by Crippen LogP contribution is -2.41. The normalized spacial score (nSPS) is 13.4. The fourth-order valence-electron chi connectivity index (χ4n) is 1.52. The number of benzene rings is 1. The fraction of sp³-hybridized carbons (Fsp3) is 0.500. The number of nitrogens with zero attached hydrogens (tertiary/aromatic N) is 1. The third-order valence-corrected chi connectivity index (χ3v) is 3.67. The Bertz CT molecular complexity index is 418. The molecule has 106 valence electrons. The van der Waals surface area contributed by atoms with E-state index >= 15 is 0 Å². The minimum atomic E-state index is -0.979. The Morgan fingerprint density at radius 2 is 2.00 bits per heavy atom. The Kier molecular flexibility index (Phi) is 7.18. The maximum absolute atomic E-state index is 12.0. The summed E-state index contributed by atoms with van der Waals surface area (Å²) in [4.78, 5) is 5.28. The number of aliphatic imine (C=N–C) groups is 1. The SMILES string of the molecule is CCNC(=NCCS(=O)c1ccccc1)NC(C)C. The van der Waals surface area contributed by atoms with Crippen molar-refractivity contribution in [3.05, 3.63) is 30.3 Å². The molecule has 4 nitrogen and oxygen atoms in total. The molecule has 1 aromatic rings. The average Bonchev–Trinajstić information content (AvgIpc) is 2.39. The van der Waals surface area contributed by atoms with E-state index in [0.717, 1.165) is 17.4 Å². The number of nitrogens with one attached hydrogen (secondary N) is 2. The molecule has 0 spiro atoms. The van der Waals surface area contributed by atoms with Gasteiger partial charge < -0.3 is 10.6 Å². The average molecular weight is 281 g/mol. The Hall–Kier alpha value is -1.36. The Labute approximate surface area is 118 Å². The number of guanidine groups is 1. The third kappa shape index (κ3) is 6.38. The van der Waals surface area contributed by atoms with Gasteiger partial charge in [-0.25, -0.2) is 0 Å². The number of hydrogen-bond donors (Lipinski definition) is 2. The second kappa shape index (κ2) is 8.69. The molecule has 19 heavy (non-hydrogen) atoms. The van der Waals surface area contributed by atoms with Gasteiger partial charge in [0.1, 0.15) is 0 Å². The molecule has 0 aliphatic rings. The predicted octanol–water partition coefficient (Wildman–Crippen LogP) is 1.76. The van der Waals surface area contributed by atoms with Gasteiger partial charge in [0.25, 0.3) is 0 Å². The zero-order valence-electron chi connectivity index (χ0n) is 11.8. The molecule has 0 amide bonds. The van der Waals surface area contributed by atoms with Crippen LogP contribution in [0.4, 0.5) is 0 Å². The van der Waals surface area contributed by atoms with Crippen molar-refractivity contribution in [1.29, 1.82) is 0 Å². The summed E-state index contributed by atoms with van der Waals surface area (Å²) in [6, 6.07) is 9.84. The molecular weight excluding hydrogens is 258 g/mol. The van der Waals surface area contributed by atoms with Crippen molar-refractivity contribution in [2.45, 2.75) is 31.7 Å². The third-order valence-electron chi connectivity index (χ3n) is 2.32. The lowest BCUT2D eigenvalue weighted by atomic mass is 10.4. The highest BCUT2D eigenvalue weighted by molar-refractivity contribution is 7.85. The second-order valence-electron chi connectivity index (χ2n) is 4.42. The van der Waals surface area contributed by atoms with E-state index in [-0.39, 0.29) is 0 Å². The van der Waals surface area contributed by atoms with Crippen LogP contribution in [0.15, 0.2) is 40.2 Å². The molecule has 0 aliphatic heterocycles. The lowest BCUT2D eigenvalue weighted by molar-refractivity contribution is 0.682. The maximum atomic E-state index is 12.0. The molecule has 0 heterocycles. The minimum Gasteiger partial charge on any atom is -0.357 e. The van der Waals surface area contributed by atoms with E-state index in [0.29, 0.717) is 18.3 Å². The predicted molar refractivity (Wildman–Crippen MR) is 82.0 cm³/mol. The summed E-state index contributed by atoms with van der Waals surface area (Å²) >= 11 is 0. The van der Waals surface area contributed by atoms with Crippen LogP contribution in [0, 0.1) is 0 Å². The van der Waals surface area contributed by atoms with Gasteiger partial charge in [0, 0.05) is 23.2 Å². The Morgan fingerprint density at radius 3 is 2.58 bits per heavy atom. The standard InChI is InChI=1S/C14H23N3OS/c1-4-15-14(17-12(2)3)16-10-11-19(18)13-8-6-5-7-9-13/h5-9,12H,4,10-11H2,1-3H3,(H2,15,16,17). The van der Waals surface area contributed by atoms with Crippen molar-refractivity contribution >= 4 is 16.8 Å². The monoisotopic (exact) mass is 281 g/mol. The molecule has 0 saturated carbocycles. The molecule has 1 unspecified atom stereocenters. The van der Waals surface area contributed by atoms with Crippen molar-refractivity contribution in [2.75, 3.05) is 18.8 Å². The molecule has 0 aliphatic carbocycles. The number of rotatable bonds is 6. The summed E-state index contributed by atoms with van der Waals surface area (Å²) < 4.78 is 12.0. The van der Waals surface area contributed by atoms with Gasteiger partial charge in [0.2, 0.25) is 0 Å². The van der Waals surface area contributed by atoms with Crippen molar-refractivity contribution in [2.24, 2.45) is 4.99 Å². The van der Waals surface area contributed by atoms with Crippen LogP contribution in [0.1, 0.15) is 20.8 Å². The van der Waals surface area contributed by atoms with Crippen molar-refractivity contribution < 1.29 is 4.21 Å². The molecular formula is C14H23N3OS. The van der Waals surface area contributed by atoms with E-state index in [2.05, 4.69) is 29.5 Å². The summed E-state index contributed by atoms with van der Waals surface area (Å²) in [6.07, 6.45) is 0. The lowest BCUT2D eigenvalue weighted by Gasteiger charge is -2.13. The first-order valence-electron chi connectivity index (χ1n) is 6.61. The van der Waals surface area contributed by atoms with Crippen LogP contribution in [0.5, 0.6) is 0 Å². The van der Waals surface area contributed by atoms with Crippen LogP contribution in [0.25, 0.3) is 0 Å². The summed E-state index contributed by atoms with van der Waals surface area (Å²) in [7, 11) is -0.979. The van der Waals surface area contributed by atoms with Gasteiger partial charge in [-0.05, 0) is 32.9 Å². The summed E-state index contributed by atoms with van der Waals surface area (Å²) in [5, 5.41) is 6.40. The molecule has 0 radical (unpaired) electrons. The molecule has 2 N–H and O–H groups in total. The molecule has 0 aromatic heterocycles. The largest absolute Gasteiger partial charge is 0.357 e. The molecule has 1 rings (SSSR count). The van der Waals surface area contributed by atoms with Gasteiger partial charge >= 0.3 is 0 Å². The van der Waals surface area contributed by atoms with Gasteiger partial charge in [0.05, 0.1) is 17.3 Å². The van der Waals surface area contributed by atoms with E-state index in [1.807, 2.05) is 37.3 Å². The highest BCUT2D eigenvalue weighted by Crippen LogP contribution is 2.04. The smallest absolute Gasteiger partial charge is 0.191 e. The first-order chi connectivity index (χ1) is 9.13. The minimum absolute atomic E-state index is 0.331. The van der Waals surface area contributed by atoms with Crippen LogP contribution in [-0.4, -0.2) is 35.1 Å². The van der Waals surface area contributed by atoms with E-state index in [9.17, 15) is 4.21 Å². The fourth-order valence-corrected chi connectivity index (χ4v) is 2.48. The quantitative estimate of drug-likeness (QED) is 0.617. The summed E-state index contributed by atoms with van der Waals surface area (Å²) in [5.41, 5.74) is 0. The Morgan fingerprint density at radius 1 is 1.32 bits per heavy atom. The van der Waals surface area contributed by atoms with E-state index in [1.165, 1.54) is 0 Å². The van der Waals surface area contributed by atoms with Crippen LogP contribution in [0.3, 0.4) is 0 Å². The Balaban J connectivity index is 2.48. The summed E-state index contributed by atoms with van der Waals surface area (Å²) in [6.45, 7) is 7.52. The first-order valence-corrected chi connectivity index (χ1v) is 7.93. The van der Waals surface area contributed by atoms with Gasteiger partial charge in [-0.1, -0.05) is 18.2 Å². The zero-order valence-corrected chi connectivity index (χ0v) is 12.7. The molecule has 1 aromatic carbocycles. The van der Waals surface area contributed by atoms with Gasteiger partial charge in [-0.15, -0.1) is 0 Å². The van der Waals surface area contributed by atoms with Gasteiger partial charge in [0.15, 0.2) is 5.96 Å². The van der Waals surface area contributed by atoms with Crippen molar-refractivity contribution in [3.63, 3.8) is 0 Å². The van der Waals surface area contributed by atoms with Crippen molar-refractivity contribution in [3.8, 4) is 0 Å². The molecule has 5 heteroatoms. The van der Waals surface area contributed by atoms with E-state index in [1.54, 1.807) is 0 Å². The zero-order chi connectivity index (χ0) is 14.1. The van der Waals surface area contributed by atoms with Crippen LogP contribution < -0.4 is 10.6 Å². The maximum Gasteiger partial charge on any atom is 0.191 e. The second-order valence-corrected chi connectivity index (χ2v) is 5.99. The molecule has 0 saturated heterocycles. The highest BCUT2D eigenvalue weighted by Gasteiger charge is 2.03. The van der Waals surface area contributed by atoms with Gasteiger partial charge in [-0.2, -0.15) is 0 Å². The van der Waals surface area contributed by atoms with Crippen molar-refractivity contribution in [1.82, 2.24) is 10.6 Å². The molecule has 0 fully saturated rings. The molecule has 1 atom stereocenters. The van der Waals surface area contributed by atoms with E-state index < -0.39 is 10.8 Å². The van der Waals surface area contributed by atoms with E-state index in [4.69, 9.17) is 0 Å². The van der Waals surface area contributed by atoms with Gasteiger partial charge in [-0.3, -0.25) is 9.20 Å². The van der Waals surface area contributed by atoms with Crippen LogP contribution in [0.2, 0.25) is 0 Å². The van der Waals surface area contributed by atoms with Crippen LogP contribution >= 0.6 is 0 Å². The molecule has 0 bridgehead atoms. The highest BCUT2D eigenvalue weighted by atomic mass is 32.2. The topological polar surface area (TPSA) is 53.5 Å².